The highest BCUT2D eigenvalue weighted by Crippen LogP contribution is 2.38. The van der Waals surface area contributed by atoms with E-state index in [-0.39, 0.29) is 23.7 Å². The van der Waals surface area contributed by atoms with Crippen LogP contribution in [0.5, 0.6) is 28.7 Å². The number of carbonyl (C=O) groups is 1. The van der Waals surface area contributed by atoms with Crippen LogP contribution in [0.3, 0.4) is 0 Å². The Balaban J connectivity index is 1.81. The second kappa shape index (κ2) is 10.1. The number of alkyl halides is 3. The fourth-order valence-corrected chi connectivity index (χ4v) is 3.28. The van der Waals surface area contributed by atoms with Gasteiger partial charge in [-0.15, -0.1) is 13.2 Å². The first-order valence-corrected chi connectivity index (χ1v) is 10.3. The van der Waals surface area contributed by atoms with Crippen molar-refractivity contribution in [3.05, 3.63) is 76.0 Å². The van der Waals surface area contributed by atoms with Gasteiger partial charge in [0, 0.05) is 29.1 Å². The van der Waals surface area contributed by atoms with Crippen LogP contribution in [-0.2, 0) is 11.2 Å². The topological polar surface area (TPSA) is 65.0 Å². The van der Waals surface area contributed by atoms with Crippen molar-refractivity contribution in [1.82, 2.24) is 0 Å². The zero-order valence-electron chi connectivity index (χ0n) is 17.1. The molecule has 0 aliphatic carbocycles. The molecule has 0 radical (unpaired) electrons. The van der Waals surface area contributed by atoms with Crippen LogP contribution in [0.4, 0.5) is 17.6 Å². The predicted molar refractivity (Wildman–Crippen MR) is 115 cm³/mol. The van der Waals surface area contributed by atoms with E-state index in [9.17, 15) is 22.4 Å². The van der Waals surface area contributed by atoms with Crippen molar-refractivity contribution in [3.8, 4) is 28.7 Å². The number of aryl methyl sites for hydroxylation is 2. The maximum Gasteiger partial charge on any atom is 0.573 e. The minimum Gasteiger partial charge on any atom is -0.481 e. The Bertz CT molecular complexity index is 1160. The van der Waals surface area contributed by atoms with Gasteiger partial charge in [0.2, 0.25) is 0 Å². The number of ether oxygens (including phenoxy) is 3. The van der Waals surface area contributed by atoms with E-state index >= 15 is 0 Å². The molecule has 5 nitrogen and oxygen atoms in total. The molecule has 0 unspecified atom stereocenters. The van der Waals surface area contributed by atoms with Crippen molar-refractivity contribution < 1.29 is 41.7 Å². The minimum absolute atomic E-state index is 0.0122. The highest BCUT2D eigenvalue weighted by Gasteiger charge is 2.32. The molecule has 10 heteroatoms. The van der Waals surface area contributed by atoms with Crippen LogP contribution in [0.25, 0.3) is 0 Å². The third kappa shape index (κ3) is 7.38. The van der Waals surface area contributed by atoms with Crippen molar-refractivity contribution in [1.29, 1.82) is 0 Å². The molecule has 0 amide bonds. The molecule has 0 heterocycles. The van der Waals surface area contributed by atoms with Crippen LogP contribution in [0.2, 0.25) is 0 Å². The van der Waals surface area contributed by atoms with Gasteiger partial charge in [0.15, 0.2) is 11.5 Å². The Morgan fingerprint density at radius 3 is 2.27 bits per heavy atom. The largest absolute Gasteiger partial charge is 0.573 e. The highest BCUT2D eigenvalue weighted by atomic mass is 79.9. The van der Waals surface area contributed by atoms with Crippen LogP contribution < -0.4 is 14.2 Å². The van der Waals surface area contributed by atoms with E-state index in [1.165, 1.54) is 18.2 Å². The van der Waals surface area contributed by atoms with E-state index in [2.05, 4.69) is 20.7 Å². The van der Waals surface area contributed by atoms with Gasteiger partial charge in [-0.25, -0.2) is 4.39 Å². The Morgan fingerprint density at radius 1 is 0.939 bits per heavy atom. The molecule has 3 aromatic rings. The van der Waals surface area contributed by atoms with E-state index in [1.807, 2.05) is 0 Å². The first-order chi connectivity index (χ1) is 15.5. The quantitative estimate of drug-likeness (QED) is 0.308. The molecule has 3 rings (SSSR count). The first kappa shape index (κ1) is 24.4. The summed E-state index contributed by atoms with van der Waals surface area (Å²) in [5, 5.41) is 8.82. The van der Waals surface area contributed by atoms with Gasteiger partial charge in [0.25, 0.3) is 0 Å². The van der Waals surface area contributed by atoms with Crippen LogP contribution in [-0.4, -0.2) is 17.4 Å². The Labute approximate surface area is 194 Å². The fourth-order valence-electron chi connectivity index (χ4n) is 2.94. The van der Waals surface area contributed by atoms with Gasteiger partial charge in [-0.05, 0) is 54.8 Å². The Hall–Kier alpha value is -3.27. The third-order valence-corrected chi connectivity index (χ3v) is 4.86. The van der Waals surface area contributed by atoms with Crippen molar-refractivity contribution in [2.24, 2.45) is 0 Å². The number of halogens is 5. The number of hydrogen-bond donors (Lipinski definition) is 1. The summed E-state index contributed by atoms with van der Waals surface area (Å²) in [6.07, 6.45) is -4.60. The average molecular weight is 529 g/mol. The molecule has 0 bridgehead atoms. The fraction of sp³-hybridized carbons (Fsp3) is 0.174. The zero-order chi connectivity index (χ0) is 24.2. The molecule has 1 N–H and O–H groups in total. The number of rotatable bonds is 8. The lowest BCUT2D eigenvalue weighted by atomic mass is 10.0. The lowest BCUT2D eigenvalue weighted by molar-refractivity contribution is -0.275. The van der Waals surface area contributed by atoms with Gasteiger partial charge in [-0.2, -0.15) is 0 Å². The van der Waals surface area contributed by atoms with Crippen LogP contribution in [0, 0.1) is 12.7 Å². The maximum absolute atomic E-state index is 14.2. The second-order valence-corrected chi connectivity index (χ2v) is 7.86. The van der Waals surface area contributed by atoms with E-state index < -0.39 is 23.9 Å². The van der Waals surface area contributed by atoms with Crippen LogP contribution in [0.15, 0.2) is 59.1 Å². The van der Waals surface area contributed by atoms with Crippen molar-refractivity contribution >= 4 is 21.9 Å². The van der Waals surface area contributed by atoms with Crippen LogP contribution in [0.1, 0.15) is 17.5 Å². The summed E-state index contributed by atoms with van der Waals surface area (Å²) in [4.78, 5) is 10.8. The van der Waals surface area contributed by atoms with Gasteiger partial charge in [-0.3, -0.25) is 4.79 Å². The Kier molecular flexibility index (Phi) is 7.47. The summed E-state index contributed by atoms with van der Waals surface area (Å²) >= 11 is 3.07. The van der Waals surface area contributed by atoms with Gasteiger partial charge >= 0.3 is 12.3 Å². The summed E-state index contributed by atoms with van der Waals surface area (Å²) in [7, 11) is 0. The van der Waals surface area contributed by atoms with Crippen molar-refractivity contribution in [2.45, 2.75) is 26.1 Å². The Morgan fingerprint density at radius 2 is 1.64 bits per heavy atom. The summed E-state index contributed by atoms with van der Waals surface area (Å²) in [5.41, 5.74) is 1.63. The van der Waals surface area contributed by atoms with Crippen LogP contribution >= 0.6 is 15.9 Å². The monoisotopic (exact) mass is 528 g/mol. The lowest BCUT2D eigenvalue weighted by Crippen LogP contribution is -2.17. The zero-order valence-corrected chi connectivity index (χ0v) is 18.7. The first-order valence-electron chi connectivity index (χ1n) is 9.51. The van der Waals surface area contributed by atoms with Crippen molar-refractivity contribution in [3.63, 3.8) is 0 Å². The molecule has 0 spiro atoms. The number of hydrogen-bond acceptors (Lipinski definition) is 4. The number of carboxylic acid groups (broad SMARTS) is 1. The molecular formula is C23H17BrF4O5. The van der Waals surface area contributed by atoms with Gasteiger partial charge in [0.05, 0.1) is 0 Å². The molecule has 174 valence electrons. The predicted octanol–water partition coefficient (Wildman–Crippen LogP) is 7.40. The third-order valence-electron chi connectivity index (χ3n) is 4.36. The summed E-state index contributed by atoms with van der Waals surface area (Å²) in [6.45, 7) is 1.79. The molecule has 0 aromatic heterocycles. The SMILES string of the molecule is Cc1cc(Oc2cc(F)cc(Oc3ccc(Br)cc3OC(F)(F)F)c2)ccc1CCC(=O)O. The average Bonchev–Trinajstić information content (AvgIpc) is 2.68. The summed E-state index contributed by atoms with van der Waals surface area (Å²) in [5.74, 6) is -2.19. The van der Waals surface area contributed by atoms with Crippen molar-refractivity contribution in [2.75, 3.05) is 0 Å². The lowest BCUT2D eigenvalue weighted by Gasteiger charge is -2.15. The molecule has 0 saturated heterocycles. The molecule has 33 heavy (non-hydrogen) atoms. The minimum atomic E-state index is -4.94. The van der Waals surface area contributed by atoms with Gasteiger partial charge in [0.1, 0.15) is 23.1 Å². The molecule has 0 saturated carbocycles. The van der Waals surface area contributed by atoms with Gasteiger partial charge < -0.3 is 19.3 Å². The molecule has 3 aromatic carbocycles. The normalized spacial score (nSPS) is 11.2. The summed E-state index contributed by atoms with van der Waals surface area (Å²) in [6, 6.07) is 12.2. The van der Waals surface area contributed by atoms with E-state index in [0.717, 1.165) is 29.3 Å². The van der Waals surface area contributed by atoms with E-state index in [1.54, 1.807) is 25.1 Å². The number of carboxylic acids is 1. The maximum atomic E-state index is 14.2. The molecular weight excluding hydrogens is 512 g/mol. The van der Waals surface area contributed by atoms with E-state index in [4.69, 9.17) is 14.6 Å². The van der Waals surface area contributed by atoms with Gasteiger partial charge in [-0.1, -0.05) is 22.0 Å². The van der Waals surface area contributed by atoms with E-state index in [0.29, 0.717) is 16.6 Å². The standard InChI is InChI=1S/C23H17BrF4O5/c1-13-8-17(5-2-14(13)3-7-22(29)30)31-18-10-16(25)11-19(12-18)32-20-6-4-15(24)9-21(20)33-23(26,27)28/h2,4-6,8-12H,3,7H2,1H3,(H,29,30). The molecule has 0 fully saturated rings. The number of aliphatic carboxylic acids is 1. The summed E-state index contributed by atoms with van der Waals surface area (Å²) < 4.78 is 67.7. The molecule has 0 aliphatic rings. The highest BCUT2D eigenvalue weighted by molar-refractivity contribution is 9.10. The molecule has 0 aliphatic heterocycles. The smallest absolute Gasteiger partial charge is 0.481 e. The molecule has 0 atom stereocenters. The second-order valence-electron chi connectivity index (χ2n) is 6.95. The number of benzene rings is 3.